The Balaban J connectivity index is 0.000000181. The van der Waals surface area contributed by atoms with Gasteiger partial charge in [0.2, 0.25) is 11.8 Å². The molecule has 2 aliphatic heterocycles. The third-order valence-corrected chi connectivity index (χ3v) is 12.7. The van der Waals surface area contributed by atoms with Gasteiger partial charge in [-0.3, -0.25) is 9.59 Å². The summed E-state index contributed by atoms with van der Waals surface area (Å²) in [5, 5.41) is 0.194. The van der Waals surface area contributed by atoms with Gasteiger partial charge in [0.05, 0.1) is 37.3 Å². The average molecular weight is 874 g/mol. The second-order valence-electron chi connectivity index (χ2n) is 12.1. The van der Waals surface area contributed by atoms with Crippen LogP contribution < -0.4 is 15.5 Å². The van der Waals surface area contributed by atoms with Gasteiger partial charge in [-0.25, -0.2) is 9.97 Å². The van der Waals surface area contributed by atoms with E-state index < -0.39 is 10.5 Å². The number of thiazole rings is 2. The van der Waals surface area contributed by atoms with E-state index in [4.69, 9.17) is 42.1 Å². The molecule has 4 heterocycles. The normalized spacial score (nSPS) is 12.9. The number of aryl methyl sites for hydroxylation is 3. The van der Waals surface area contributed by atoms with Crippen LogP contribution in [0.1, 0.15) is 29.5 Å². The molecule has 0 fully saturated rings. The summed E-state index contributed by atoms with van der Waals surface area (Å²) in [6, 6.07) is 28.5. The Bertz CT molecular complexity index is 2220. The van der Waals surface area contributed by atoms with Crippen LogP contribution in [-0.2, 0) is 32.9 Å². The first-order chi connectivity index (χ1) is 26.6. The zero-order valence-corrected chi connectivity index (χ0v) is 35.3. The monoisotopic (exact) mass is 872 g/mol. The van der Waals surface area contributed by atoms with Gasteiger partial charge in [0.1, 0.15) is 0 Å². The summed E-state index contributed by atoms with van der Waals surface area (Å²) in [7, 11) is -2.61. The second-order valence-corrected chi connectivity index (χ2v) is 17.9. The van der Waals surface area contributed by atoms with Gasteiger partial charge in [-0.15, -0.1) is 45.9 Å². The summed E-state index contributed by atoms with van der Waals surface area (Å²) in [4.78, 5) is 38.4. The van der Waals surface area contributed by atoms with Crippen LogP contribution in [-0.4, -0.2) is 60.1 Å². The number of nitrogens with zero attached hydrogens (tertiary/aromatic N) is 4. The summed E-state index contributed by atoms with van der Waals surface area (Å²) in [5.74, 6) is 1.16. The number of benzene rings is 4. The highest BCUT2D eigenvalue weighted by Crippen LogP contribution is 2.34. The third kappa shape index (κ3) is 12.1. The minimum absolute atomic E-state index is 0.144. The molecule has 2 aliphatic rings. The van der Waals surface area contributed by atoms with Gasteiger partial charge in [0, 0.05) is 30.2 Å². The number of amides is 2. The van der Waals surface area contributed by atoms with Crippen molar-refractivity contribution in [1.29, 1.82) is 4.78 Å². The number of hydrogen-bond acceptors (Lipinski definition) is 12. The van der Waals surface area contributed by atoms with E-state index in [2.05, 4.69) is 53.3 Å². The number of carbonyl (C=O) groups excluding carboxylic acids is 2. The molecule has 6 aromatic rings. The molecule has 0 radical (unpaired) electrons. The lowest BCUT2D eigenvalue weighted by molar-refractivity contribution is -0.117. The Morgan fingerprint density at radius 1 is 0.764 bits per heavy atom. The van der Waals surface area contributed by atoms with Gasteiger partial charge in [0.25, 0.3) is 0 Å². The van der Waals surface area contributed by atoms with Crippen molar-refractivity contribution in [2.75, 3.05) is 45.5 Å². The highest BCUT2D eigenvalue weighted by Gasteiger charge is 2.24. The van der Waals surface area contributed by atoms with Crippen LogP contribution in [0, 0.1) is 11.7 Å². The van der Waals surface area contributed by atoms with E-state index in [0.29, 0.717) is 17.2 Å². The molecule has 0 unspecified atom stereocenters. The third-order valence-electron chi connectivity index (χ3n) is 8.38. The van der Waals surface area contributed by atoms with Crippen LogP contribution in [0.3, 0.4) is 0 Å². The predicted molar refractivity (Wildman–Crippen MR) is 232 cm³/mol. The quantitative estimate of drug-likeness (QED) is 0.0948. The van der Waals surface area contributed by atoms with Crippen LogP contribution in [0.4, 0.5) is 17.1 Å². The molecule has 3 N–H and O–H groups in total. The number of rotatable bonds is 6. The fourth-order valence-corrected chi connectivity index (χ4v) is 9.90. The molecule has 0 spiro atoms. The van der Waals surface area contributed by atoms with E-state index in [1.165, 1.54) is 33.2 Å². The maximum Gasteiger partial charge on any atom is 0.308 e. The minimum atomic E-state index is -2.61. The number of nitrogens with one attached hydrogen (secondary N) is 1. The highest BCUT2D eigenvalue weighted by atomic mass is 35.5. The van der Waals surface area contributed by atoms with Crippen molar-refractivity contribution >= 4 is 129 Å². The maximum atomic E-state index is 12.7. The Hall–Kier alpha value is -3.70. The molecular formula is C38H38Cl2N6O4S5. The number of halogens is 2. The molecular weight excluding hydrogens is 836 g/mol. The standard InChI is InChI=1S/C19H18N2OS2.C18H17N3OS2.CH2Cl2.HNO2S/c1-13-8-9-17-15(11-13)20-19(24-17)23-12-18(22)21-10-4-6-14-5-2-3-7-16(14)21;19-13-7-8-16-14(10-13)20-18(24-16)23-11-17(22)21-9-3-5-12-4-1-2-6-15(12)21;2-1-3;1-4(2)3/h2-3,5,7-9,11H,4,6,10,12H2,1H3;1-2,4,6-8,10H,3,5,9,11,19H2;1H2;1H. The van der Waals surface area contributed by atoms with Crippen molar-refractivity contribution in [2.24, 2.45) is 0 Å². The van der Waals surface area contributed by atoms with Crippen molar-refractivity contribution in [3.63, 3.8) is 0 Å². The molecule has 0 bridgehead atoms. The molecule has 0 saturated heterocycles. The molecule has 55 heavy (non-hydrogen) atoms. The van der Waals surface area contributed by atoms with Crippen LogP contribution >= 0.6 is 69.4 Å². The van der Waals surface area contributed by atoms with Gasteiger partial charge in [0.15, 0.2) is 8.68 Å². The maximum absolute atomic E-state index is 12.7. The Morgan fingerprint density at radius 2 is 1.20 bits per heavy atom. The number of anilines is 3. The average Bonchev–Trinajstić information content (AvgIpc) is 3.78. The van der Waals surface area contributed by atoms with Gasteiger partial charge in [-0.05, 0) is 91.8 Å². The number of aromatic nitrogens is 2. The lowest BCUT2D eigenvalue weighted by Crippen LogP contribution is -2.36. The minimum Gasteiger partial charge on any atom is -0.399 e. The first kappa shape index (κ1) is 42.4. The molecule has 0 saturated carbocycles. The topological polar surface area (TPSA) is 150 Å². The fraction of sp³-hybridized carbons (Fsp3) is 0.263. The van der Waals surface area contributed by atoms with Crippen LogP contribution in [0.2, 0.25) is 0 Å². The second kappa shape index (κ2) is 21.0. The van der Waals surface area contributed by atoms with Crippen LogP contribution in [0.15, 0.2) is 93.6 Å². The molecule has 2 amide bonds. The van der Waals surface area contributed by atoms with Crippen LogP contribution in [0.25, 0.3) is 20.4 Å². The lowest BCUT2D eigenvalue weighted by atomic mass is 10.0. The fourth-order valence-electron chi connectivity index (χ4n) is 6.05. The number of nitrogen functional groups attached to an aromatic ring is 1. The number of para-hydroxylation sites is 2. The van der Waals surface area contributed by atoms with Gasteiger partial charge < -0.3 is 15.5 Å². The molecule has 4 aromatic carbocycles. The SMILES string of the molecule is Cc1ccc2sc(SCC(=O)N3CCCc4ccccc43)nc2c1.ClCCl.N=S(=O)=O.Nc1ccc2sc(SCC(=O)N3CCCc4ccccc43)nc2c1. The van der Waals surface area contributed by atoms with Gasteiger partial charge >= 0.3 is 10.5 Å². The number of fused-ring (bicyclic) bond motifs is 4. The zero-order chi connectivity index (χ0) is 39.3. The number of thioether (sulfide) groups is 2. The summed E-state index contributed by atoms with van der Waals surface area (Å²) in [5.41, 5.74) is 14.3. The van der Waals surface area contributed by atoms with Crippen molar-refractivity contribution in [2.45, 2.75) is 41.3 Å². The van der Waals surface area contributed by atoms with E-state index in [1.807, 2.05) is 58.3 Å². The van der Waals surface area contributed by atoms with Crippen molar-refractivity contribution in [3.8, 4) is 0 Å². The van der Waals surface area contributed by atoms with E-state index in [1.54, 1.807) is 34.4 Å². The molecule has 8 rings (SSSR count). The molecule has 0 aliphatic carbocycles. The number of hydrogen-bond donors (Lipinski definition) is 2. The lowest BCUT2D eigenvalue weighted by Gasteiger charge is -2.29. The van der Waals surface area contributed by atoms with E-state index in [9.17, 15) is 9.59 Å². The van der Waals surface area contributed by atoms with Crippen molar-refractivity contribution in [1.82, 2.24) is 9.97 Å². The Morgan fingerprint density at radius 3 is 1.69 bits per heavy atom. The Kier molecular flexibility index (Phi) is 16.2. The summed E-state index contributed by atoms with van der Waals surface area (Å²) in [6.45, 7) is 3.69. The van der Waals surface area contributed by atoms with Crippen molar-refractivity contribution in [3.05, 3.63) is 102 Å². The first-order valence-electron chi connectivity index (χ1n) is 17.0. The summed E-state index contributed by atoms with van der Waals surface area (Å²) >= 11 is 15.8. The van der Waals surface area contributed by atoms with Gasteiger partial charge in [-0.2, -0.15) is 13.2 Å². The molecule has 0 atom stereocenters. The van der Waals surface area contributed by atoms with Crippen LogP contribution in [0.5, 0.6) is 0 Å². The van der Waals surface area contributed by atoms with Crippen molar-refractivity contribution < 1.29 is 18.0 Å². The molecule has 10 nitrogen and oxygen atoms in total. The van der Waals surface area contributed by atoms with E-state index in [0.717, 1.165) is 74.6 Å². The first-order valence-corrected chi connectivity index (χ1v) is 22.8. The number of nitrogens with two attached hydrogens (primary N) is 1. The summed E-state index contributed by atoms with van der Waals surface area (Å²) in [6.07, 6.45) is 4.17. The highest BCUT2D eigenvalue weighted by molar-refractivity contribution is 8.02. The van der Waals surface area contributed by atoms with Gasteiger partial charge in [-0.1, -0.05) is 66.0 Å². The largest absolute Gasteiger partial charge is 0.399 e. The smallest absolute Gasteiger partial charge is 0.308 e. The predicted octanol–water partition coefficient (Wildman–Crippen LogP) is 9.68. The number of carbonyl (C=O) groups is 2. The number of alkyl halides is 2. The van der Waals surface area contributed by atoms with E-state index in [-0.39, 0.29) is 17.2 Å². The zero-order valence-electron chi connectivity index (χ0n) is 29.7. The Labute approximate surface area is 347 Å². The molecule has 2 aromatic heterocycles. The molecule has 288 valence electrons. The molecule has 17 heteroatoms. The van der Waals surface area contributed by atoms with E-state index >= 15 is 0 Å². The summed E-state index contributed by atoms with van der Waals surface area (Å²) < 4.78 is 27.0.